The molecule has 0 aliphatic heterocycles. The number of hydrogen-bond acceptors (Lipinski definition) is 1. The Morgan fingerprint density at radius 1 is 1.50 bits per heavy atom. The van der Waals surface area contributed by atoms with Crippen LogP contribution in [0.1, 0.15) is 12.5 Å². The average molecular weight is 280 g/mol. The van der Waals surface area contributed by atoms with Crippen molar-refractivity contribution >= 4 is 21.8 Å². The monoisotopic (exact) mass is 279 g/mol. The normalized spacial score (nSPS) is 10.4. The summed E-state index contributed by atoms with van der Waals surface area (Å²) in [4.78, 5) is 13.2. The first-order chi connectivity index (χ1) is 7.69. The van der Waals surface area contributed by atoms with Crippen LogP contribution in [0.4, 0.5) is 0 Å². The number of allylic oxidation sites excluding steroid dienone is 1. The topological polar surface area (TPSA) is 20.3 Å². The van der Waals surface area contributed by atoms with Gasteiger partial charge in [0, 0.05) is 10.7 Å². The molecule has 1 aromatic rings. The van der Waals surface area contributed by atoms with Crippen molar-refractivity contribution in [1.29, 1.82) is 0 Å². The molecule has 0 atom stereocenters. The molecule has 84 valence electrons. The second-order valence-electron chi connectivity index (χ2n) is 3.24. The van der Waals surface area contributed by atoms with Gasteiger partial charge in [-0.05, 0) is 24.6 Å². The van der Waals surface area contributed by atoms with Gasteiger partial charge >= 0.3 is 0 Å². The molecule has 0 aromatic heterocycles. The van der Waals surface area contributed by atoms with Crippen LogP contribution in [0.3, 0.4) is 0 Å². The maximum absolute atomic E-state index is 11.6. The number of halogens is 1. The minimum atomic E-state index is -0.0618. The summed E-state index contributed by atoms with van der Waals surface area (Å²) in [7, 11) is 0. The van der Waals surface area contributed by atoms with Crippen LogP contribution in [0.15, 0.2) is 53.7 Å². The average Bonchev–Trinajstić information content (AvgIpc) is 2.28. The molecule has 1 aromatic carbocycles. The lowest BCUT2D eigenvalue weighted by atomic mass is 10.2. The van der Waals surface area contributed by atoms with Crippen molar-refractivity contribution < 1.29 is 4.79 Å². The third-order valence-corrected chi connectivity index (χ3v) is 2.88. The molecular weight excluding hydrogens is 266 g/mol. The molecule has 0 radical (unpaired) electrons. The Morgan fingerprint density at radius 3 is 2.75 bits per heavy atom. The first-order valence-electron chi connectivity index (χ1n) is 4.98. The summed E-state index contributed by atoms with van der Waals surface area (Å²) in [6, 6.07) is 7.82. The molecule has 0 aliphatic carbocycles. The zero-order valence-electron chi connectivity index (χ0n) is 9.19. The van der Waals surface area contributed by atoms with Crippen LogP contribution >= 0.6 is 15.9 Å². The van der Waals surface area contributed by atoms with E-state index in [4.69, 9.17) is 0 Å². The lowest BCUT2D eigenvalue weighted by molar-refractivity contribution is -0.124. The van der Waals surface area contributed by atoms with Gasteiger partial charge in [0.2, 0.25) is 5.91 Å². The zero-order valence-corrected chi connectivity index (χ0v) is 10.8. The lowest BCUT2D eigenvalue weighted by Gasteiger charge is -2.16. The van der Waals surface area contributed by atoms with Gasteiger partial charge in [-0.15, -0.1) is 0 Å². The van der Waals surface area contributed by atoms with Gasteiger partial charge in [-0.25, -0.2) is 0 Å². The van der Waals surface area contributed by atoms with E-state index >= 15 is 0 Å². The quantitative estimate of drug-likeness (QED) is 0.773. The third-order valence-electron chi connectivity index (χ3n) is 2.11. The van der Waals surface area contributed by atoms with Gasteiger partial charge < -0.3 is 4.90 Å². The Bertz CT molecular complexity index is 412. The second-order valence-corrected chi connectivity index (χ2v) is 4.09. The van der Waals surface area contributed by atoms with E-state index in [2.05, 4.69) is 22.5 Å². The van der Waals surface area contributed by atoms with Gasteiger partial charge in [0.1, 0.15) is 0 Å². The van der Waals surface area contributed by atoms with Crippen LogP contribution in [0.2, 0.25) is 0 Å². The fraction of sp³-hybridized carbons (Fsp3) is 0.154. The Balaban J connectivity index is 2.82. The predicted molar refractivity (Wildman–Crippen MR) is 69.7 cm³/mol. The first kappa shape index (κ1) is 12.7. The third kappa shape index (κ3) is 3.35. The zero-order chi connectivity index (χ0) is 12.0. The Hall–Kier alpha value is -1.35. The molecule has 0 bridgehead atoms. The highest BCUT2D eigenvalue weighted by Crippen LogP contribution is 2.18. The van der Waals surface area contributed by atoms with E-state index in [0.717, 1.165) is 10.0 Å². The maximum Gasteiger partial charge on any atom is 0.250 e. The van der Waals surface area contributed by atoms with Crippen LogP contribution in [0, 0.1) is 0 Å². The number of carbonyl (C=O) groups is 1. The largest absolute Gasteiger partial charge is 0.312 e. The molecule has 0 fully saturated rings. The van der Waals surface area contributed by atoms with Gasteiger partial charge in [0.15, 0.2) is 0 Å². The van der Waals surface area contributed by atoms with Crippen LogP contribution in [-0.4, -0.2) is 10.8 Å². The molecule has 16 heavy (non-hydrogen) atoms. The summed E-state index contributed by atoms with van der Waals surface area (Å²) >= 11 is 3.45. The number of benzene rings is 1. The van der Waals surface area contributed by atoms with E-state index in [1.165, 1.54) is 6.08 Å². The molecule has 0 heterocycles. The van der Waals surface area contributed by atoms with Crippen molar-refractivity contribution in [2.75, 3.05) is 0 Å². The fourth-order valence-corrected chi connectivity index (χ4v) is 1.69. The summed E-state index contributed by atoms with van der Waals surface area (Å²) < 4.78 is 0.995. The highest BCUT2D eigenvalue weighted by molar-refractivity contribution is 9.10. The fourth-order valence-electron chi connectivity index (χ4n) is 1.28. The van der Waals surface area contributed by atoms with E-state index in [-0.39, 0.29) is 5.91 Å². The second kappa shape index (κ2) is 6.28. The van der Waals surface area contributed by atoms with Crippen molar-refractivity contribution in [2.45, 2.75) is 13.5 Å². The van der Waals surface area contributed by atoms with Gasteiger partial charge in [-0.3, -0.25) is 4.79 Å². The number of nitrogens with zero attached hydrogens (tertiary/aromatic N) is 1. The Morgan fingerprint density at radius 2 is 2.19 bits per heavy atom. The van der Waals surface area contributed by atoms with E-state index in [0.29, 0.717) is 6.54 Å². The molecular formula is C13H14BrNO. The van der Waals surface area contributed by atoms with Crippen molar-refractivity contribution in [2.24, 2.45) is 0 Å². The molecule has 1 rings (SSSR count). The van der Waals surface area contributed by atoms with Crippen molar-refractivity contribution in [3.63, 3.8) is 0 Å². The maximum atomic E-state index is 11.6. The van der Waals surface area contributed by atoms with Crippen LogP contribution in [-0.2, 0) is 11.3 Å². The number of hydrogen-bond donors (Lipinski definition) is 0. The van der Waals surface area contributed by atoms with Crippen molar-refractivity contribution in [1.82, 2.24) is 4.90 Å². The Kier molecular flexibility index (Phi) is 4.99. The lowest BCUT2D eigenvalue weighted by Crippen LogP contribution is -2.22. The molecule has 0 saturated heterocycles. The highest BCUT2D eigenvalue weighted by Gasteiger charge is 2.08. The smallest absolute Gasteiger partial charge is 0.250 e. The van der Waals surface area contributed by atoms with Gasteiger partial charge in [0.05, 0.1) is 6.54 Å². The summed E-state index contributed by atoms with van der Waals surface area (Å²) in [6.07, 6.45) is 4.79. The summed E-state index contributed by atoms with van der Waals surface area (Å²) in [5.41, 5.74) is 1.06. The van der Waals surface area contributed by atoms with Gasteiger partial charge in [0.25, 0.3) is 0 Å². The summed E-state index contributed by atoms with van der Waals surface area (Å²) in [5, 5.41) is 0. The van der Waals surface area contributed by atoms with Gasteiger partial charge in [-0.1, -0.05) is 46.8 Å². The van der Waals surface area contributed by atoms with E-state index < -0.39 is 0 Å². The minimum Gasteiger partial charge on any atom is -0.312 e. The molecule has 0 aliphatic rings. The number of amides is 1. The molecule has 0 unspecified atom stereocenters. The van der Waals surface area contributed by atoms with E-state index in [1.54, 1.807) is 17.2 Å². The van der Waals surface area contributed by atoms with Crippen LogP contribution < -0.4 is 0 Å². The minimum absolute atomic E-state index is 0.0618. The van der Waals surface area contributed by atoms with E-state index in [1.807, 2.05) is 31.2 Å². The molecule has 3 heteroatoms. The Labute approximate surface area is 104 Å². The molecule has 1 amide bonds. The SMILES string of the molecule is C=CN(Cc1ccccc1Br)C(=O)/C=C/C. The molecule has 0 N–H and O–H groups in total. The number of carbonyl (C=O) groups excluding carboxylic acids is 1. The first-order valence-corrected chi connectivity index (χ1v) is 5.77. The van der Waals surface area contributed by atoms with Crippen LogP contribution in [0.25, 0.3) is 0 Å². The van der Waals surface area contributed by atoms with Crippen molar-refractivity contribution in [3.05, 3.63) is 59.2 Å². The van der Waals surface area contributed by atoms with Gasteiger partial charge in [-0.2, -0.15) is 0 Å². The summed E-state index contributed by atoms with van der Waals surface area (Å²) in [5.74, 6) is -0.0618. The summed E-state index contributed by atoms with van der Waals surface area (Å²) in [6.45, 7) is 5.99. The van der Waals surface area contributed by atoms with Crippen molar-refractivity contribution in [3.8, 4) is 0 Å². The highest BCUT2D eigenvalue weighted by atomic mass is 79.9. The standard InChI is InChI=1S/C13H14BrNO/c1-3-7-13(16)15(4-2)10-11-8-5-6-9-12(11)14/h3-9H,2,10H2,1H3/b7-3+. The molecule has 2 nitrogen and oxygen atoms in total. The predicted octanol–water partition coefficient (Wildman–Crippen LogP) is 3.50. The molecule has 0 spiro atoms. The van der Waals surface area contributed by atoms with E-state index in [9.17, 15) is 4.79 Å². The van der Waals surface area contributed by atoms with Crippen LogP contribution in [0.5, 0.6) is 0 Å². The number of rotatable bonds is 4. The molecule has 0 saturated carbocycles.